The largest absolute Gasteiger partial charge is 0.490 e. The molecule has 1 unspecified atom stereocenters. The van der Waals surface area contributed by atoms with Crippen molar-refractivity contribution in [3.8, 4) is 23.0 Å². The fourth-order valence-electron chi connectivity index (χ4n) is 5.68. The summed E-state index contributed by atoms with van der Waals surface area (Å²) in [6.45, 7) is 0.234. The van der Waals surface area contributed by atoms with Gasteiger partial charge in [0.25, 0.3) is 0 Å². The summed E-state index contributed by atoms with van der Waals surface area (Å²) in [5, 5.41) is 8.96. The molecule has 61 heavy (non-hydrogen) atoms. The van der Waals surface area contributed by atoms with Gasteiger partial charge in [0.15, 0.2) is 29.4 Å². The van der Waals surface area contributed by atoms with E-state index in [9.17, 15) is 35.9 Å². The quantitative estimate of drug-likeness (QED) is 0.0585. The first-order chi connectivity index (χ1) is 28.9. The number of carboxylic acid groups (broad SMARTS) is 1. The molecule has 2 heterocycles. The summed E-state index contributed by atoms with van der Waals surface area (Å²) in [4.78, 5) is 35.6. The van der Waals surface area contributed by atoms with Gasteiger partial charge in [-0.3, -0.25) is 14.6 Å². The number of oxazole rings is 1. The molecular formula is C41H44F6N4O9S. The molecule has 0 aliphatic carbocycles. The number of thiazole rings is 1. The summed E-state index contributed by atoms with van der Waals surface area (Å²) in [6, 6.07) is 14.9. The Morgan fingerprint density at radius 2 is 1.38 bits per heavy atom. The maximum atomic E-state index is 12.8. The topological polar surface area (TPSA) is 146 Å². The highest BCUT2D eigenvalue weighted by atomic mass is 32.1. The second-order valence-corrected chi connectivity index (χ2v) is 14.8. The van der Waals surface area contributed by atoms with E-state index >= 15 is 0 Å². The van der Waals surface area contributed by atoms with Crippen LogP contribution in [0.4, 0.5) is 43.4 Å². The zero-order valence-electron chi connectivity index (χ0n) is 33.6. The molecule has 5 rings (SSSR count). The van der Waals surface area contributed by atoms with Crippen molar-refractivity contribution < 1.29 is 69.1 Å². The molecular weight excluding hydrogens is 839 g/mol. The molecule has 3 aromatic carbocycles. The number of rotatable bonds is 20. The van der Waals surface area contributed by atoms with Gasteiger partial charge < -0.3 is 43.0 Å². The van der Waals surface area contributed by atoms with E-state index in [2.05, 4.69) is 24.2 Å². The van der Waals surface area contributed by atoms with Crippen LogP contribution in [-0.2, 0) is 33.8 Å². The van der Waals surface area contributed by atoms with E-state index in [0.717, 1.165) is 16.6 Å². The monoisotopic (exact) mass is 882 g/mol. The Balaban J connectivity index is 0.000000269. The third-order valence-electron chi connectivity index (χ3n) is 8.07. The summed E-state index contributed by atoms with van der Waals surface area (Å²) in [6.07, 6.45) is 4.45. The number of carbonyl (C=O) groups is 2. The van der Waals surface area contributed by atoms with Crippen molar-refractivity contribution in [1.82, 2.24) is 9.97 Å². The Bertz CT molecular complexity index is 2110. The van der Waals surface area contributed by atoms with Crippen LogP contribution in [0.2, 0.25) is 0 Å². The van der Waals surface area contributed by atoms with Gasteiger partial charge in [-0.1, -0.05) is 12.1 Å². The first-order valence-electron chi connectivity index (χ1n) is 18.5. The fraction of sp³-hybridized carbons (Fsp3) is 0.366. The van der Waals surface area contributed by atoms with Gasteiger partial charge >= 0.3 is 31.8 Å². The van der Waals surface area contributed by atoms with Crippen LogP contribution in [0.15, 0.2) is 89.4 Å². The van der Waals surface area contributed by atoms with E-state index in [1.165, 1.54) is 35.9 Å². The van der Waals surface area contributed by atoms with Crippen LogP contribution in [0, 0.1) is 0 Å². The first kappa shape index (κ1) is 47.5. The zero-order valence-corrected chi connectivity index (χ0v) is 34.4. The minimum atomic E-state index is -3.23. The van der Waals surface area contributed by atoms with Crippen molar-refractivity contribution in [1.29, 1.82) is 0 Å². The molecule has 0 amide bonds. The molecule has 0 fully saturated rings. The minimum Gasteiger partial charge on any atom is -0.490 e. The fourth-order valence-corrected chi connectivity index (χ4v) is 6.28. The normalized spacial score (nSPS) is 11.8. The van der Waals surface area contributed by atoms with E-state index in [1.54, 1.807) is 93.8 Å². The number of halogens is 6. The average Bonchev–Trinajstić information content (AvgIpc) is 3.89. The van der Waals surface area contributed by atoms with Gasteiger partial charge in [-0.25, -0.2) is 4.98 Å². The lowest BCUT2D eigenvalue weighted by molar-refractivity contribution is -0.155. The number of ether oxygens (including phenoxy) is 5. The van der Waals surface area contributed by atoms with Crippen molar-refractivity contribution in [2.45, 2.75) is 92.0 Å². The van der Waals surface area contributed by atoms with Crippen molar-refractivity contribution in [3.05, 3.63) is 101 Å². The Morgan fingerprint density at radius 3 is 1.92 bits per heavy atom. The predicted octanol–water partition coefficient (Wildman–Crippen LogP) is 10.1. The zero-order chi connectivity index (χ0) is 44.7. The van der Waals surface area contributed by atoms with Crippen LogP contribution >= 0.6 is 11.3 Å². The highest BCUT2D eigenvalue weighted by Gasteiger charge is 2.25. The predicted molar refractivity (Wildman–Crippen MR) is 212 cm³/mol. The van der Waals surface area contributed by atoms with Gasteiger partial charge in [-0.15, -0.1) is 11.3 Å². The number of carbonyl (C=O) groups excluding carboxylic acids is 1. The second kappa shape index (κ2) is 22.4. The molecule has 0 saturated heterocycles. The van der Waals surface area contributed by atoms with Crippen LogP contribution in [0.1, 0.15) is 57.2 Å². The van der Waals surface area contributed by atoms with Gasteiger partial charge in [0, 0.05) is 46.3 Å². The van der Waals surface area contributed by atoms with Crippen molar-refractivity contribution in [2.75, 3.05) is 16.4 Å². The lowest BCUT2D eigenvalue weighted by atomic mass is 10.1. The van der Waals surface area contributed by atoms with Gasteiger partial charge in [0.2, 0.25) is 0 Å². The smallest absolute Gasteiger partial charge is 0.387 e. The number of anilines is 3. The van der Waals surface area contributed by atoms with Crippen molar-refractivity contribution >= 4 is 40.3 Å². The molecule has 0 saturated carbocycles. The molecule has 20 heteroatoms. The maximum absolute atomic E-state index is 12.8. The minimum absolute atomic E-state index is 0.0103. The SMILES string of the molecule is CC(CC(=O)OC(C)(C)C)N(Cc1cncs1)c1ccc(OC(F)F)c(OC(F)F)c1.CCOc1cc(N(Cc2cnco2)c2ccc(CC(=O)O)cc2)ccc1OC(F)F. The number of carboxylic acids is 1. The molecule has 2 aromatic heterocycles. The van der Waals surface area contributed by atoms with Gasteiger partial charge in [0.1, 0.15) is 11.4 Å². The summed E-state index contributed by atoms with van der Waals surface area (Å²) in [5.74, 6) is -1.71. The number of aliphatic carboxylic acids is 1. The Labute approximate surface area is 351 Å². The Kier molecular flexibility index (Phi) is 17.5. The standard InChI is InChI=1S/C21H20F2N2O5.C20H24F4N2O4S/c1-2-28-19-10-16(7-8-18(19)30-21(22)23)25(12-17-11-24-13-29-17)15-5-3-14(4-6-15)9-20(26)27;1-12(7-17(27)30-20(2,3)4)26(10-14-9-25-11-31-14)13-5-6-15(28-18(21)22)16(8-13)29-19(23)24/h3-8,10-11,13,21H,2,9,12H2,1H3,(H,26,27);5-6,8-9,11-12,18-19H,7,10H2,1-4H3. The van der Waals surface area contributed by atoms with Crippen LogP contribution in [0.5, 0.6) is 23.0 Å². The molecule has 13 nitrogen and oxygen atoms in total. The second-order valence-electron chi connectivity index (χ2n) is 13.9. The maximum Gasteiger partial charge on any atom is 0.387 e. The molecule has 0 radical (unpaired) electrons. The first-order valence-corrected chi connectivity index (χ1v) is 19.4. The number of aromatic nitrogens is 2. The molecule has 330 valence electrons. The van der Waals surface area contributed by atoms with Crippen LogP contribution in [0.25, 0.3) is 0 Å². The van der Waals surface area contributed by atoms with Crippen LogP contribution in [-0.4, -0.2) is 65.1 Å². The summed E-state index contributed by atoms with van der Waals surface area (Å²) in [7, 11) is 0. The molecule has 0 aliphatic rings. The highest BCUT2D eigenvalue weighted by molar-refractivity contribution is 7.09. The molecule has 1 atom stereocenters. The van der Waals surface area contributed by atoms with E-state index < -0.39 is 54.9 Å². The number of esters is 1. The van der Waals surface area contributed by atoms with Crippen LogP contribution in [0.3, 0.4) is 0 Å². The number of hydrogen-bond acceptors (Lipinski definition) is 13. The number of alkyl halides is 6. The van der Waals surface area contributed by atoms with Crippen LogP contribution < -0.4 is 28.7 Å². The molecule has 5 aromatic rings. The van der Waals surface area contributed by atoms with Gasteiger partial charge in [-0.05, 0) is 76.6 Å². The van der Waals surface area contributed by atoms with Gasteiger partial charge in [-0.2, -0.15) is 26.3 Å². The average molecular weight is 883 g/mol. The molecule has 1 N–H and O–H groups in total. The third-order valence-corrected chi connectivity index (χ3v) is 8.83. The van der Waals surface area contributed by atoms with E-state index in [-0.39, 0.29) is 30.9 Å². The van der Waals surface area contributed by atoms with E-state index in [1.807, 2.05) is 4.90 Å². The van der Waals surface area contributed by atoms with E-state index in [4.69, 9.17) is 19.0 Å². The summed E-state index contributed by atoms with van der Waals surface area (Å²) in [5.41, 5.74) is 3.39. The summed E-state index contributed by atoms with van der Waals surface area (Å²) < 4.78 is 106. The lowest BCUT2D eigenvalue weighted by Crippen LogP contribution is -2.36. The Hall–Kier alpha value is -6.18. The van der Waals surface area contributed by atoms with Crippen molar-refractivity contribution in [3.63, 3.8) is 0 Å². The lowest BCUT2D eigenvalue weighted by Gasteiger charge is -2.32. The van der Waals surface area contributed by atoms with Gasteiger partial charge in [0.05, 0.1) is 44.2 Å². The number of nitrogens with zero attached hydrogens (tertiary/aromatic N) is 4. The molecule has 0 spiro atoms. The molecule has 0 aliphatic heterocycles. The number of benzene rings is 3. The molecule has 0 bridgehead atoms. The number of hydrogen-bond donors (Lipinski definition) is 1. The van der Waals surface area contributed by atoms with E-state index in [0.29, 0.717) is 35.8 Å². The summed E-state index contributed by atoms with van der Waals surface area (Å²) >= 11 is 1.37. The Morgan fingerprint density at radius 1 is 0.787 bits per heavy atom. The highest BCUT2D eigenvalue weighted by Crippen LogP contribution is 2.38. The third kappa shape index (κ3) is 15.7. The van der Waals surface area contributed by atoms with Crippen molar-refractivity contribution in [2.24, 2.45) is 0 Å².